The molecule has 1 aliphatic rings. The Morgan fingerprint density at radius 2 is 2.32 bits per heavy atom. The van der Waals surface area contributed by atoms with Gasteiger partial charge in [-0.25, -0.2) is 0 Å². The summed E-state index contributed by atoms with van der Waals surface area (Å²) in [5.41, 5.74) is 0.882. The molecular formula is C14H16ClN3O. The number of hydrogen-bond donors (Lipinski definition) is 0. The fourth-order valence-corrected chi connectivity index (χ4v) is 2.64. The van der Waals surface area contributed by atoms with Gasteiger partial charge in [-0.15, -0.1) is 0 Å². The number of hydrogen-bond acceptors (Lipinski definition) is 4. The van der Waals surface area contributed by atoms with E-state index in [1.165, 1.54) is 12.8 Å². The molecule has 5 heteroatoms. The summed E-state index contributed by atoms with van der Waals surface area (Å²) in [4.78, 5) is 6.63. The predicted octanol–water partition coefficient (Wildman–Crippen LogP) is 3.63. The van der Waals surface area contributed by atoms with Crippen LogP contribution in [0.3, 0.4) is 0 Å². The summed E-state index contributed by atoms with van der Waals surface area (Å²) in [5, 5.41) is 4.72. The summed E-state index contributed by atoms with van der Waals surface area (Å²) in [6, 6.07) is 8.10. The molecule has 1 atom stereocenters. The van der Waals surface area contributed by atoms with Crippen molar-refractivity contribution in [1.29, 1.82) is 0 Å². The Labute approximate surface area is 117 Å². The van der Waals surface area contributed by atoms with E-state index < -0.39 is 0 Å². The van der Waals surface area contributed by atoms with E-state index in [1.807, 2.05) is 24.3 Å². The monoisotopic (exact) mass is 277 g/mol. The van der Waals surface area contributed by atoms with Crippen LogP contribution in [0.4, 0.5) is 6.01 Å². The second-order valence-corrected chi connectivity index (χ2v) is 5.54. The van der Waals surface area contributed by atoms with E-state index in [0.29, 0.717) is 22.8 Å². The standard InChI is InChI=1S/C14H16ClN3O/c1-10-4-3-7-18(9-10)14-16-13(17-19-14)11-5-2-6-12(15)8-11/h2,5-6,8,10H,3-4,7,9H2,1H3. The second kappa shape index (κ2) is 5.21. The van der Waals surface area contributed by atoms with Crippen LogP contribution in [0.1, 0.15) is 19.8 Å². The maximum Gasteiger partial charge on any atom is 0.324 e. The smallest absolute Gasteiger partial charge is 0.324 e. The fourth-order valence-electron chi connectivity index (χ4n) is 2.45. The molecule has 1 saturated heterocycles. The Bertz CT molecular complexity index is 569. The minimum Gasteiger partial charge on any atom is -0.324 e. The number of benzene rings is 1. The Kier molecular flexibility index (Phi) is 3.42. The van der Waals surface area contributed by atoms with Crippen LogP contribution in [0, 0.1) is 5.92 Å². The lowest BCUT2D eigenvalue weighted by atomic mass is 10.0. The minimum atomic E-state index is 0.593. The van der Waals surface area contributed by atoms with Gasteiger partial charge in [0.15, 0.2) is 0 Å². The zero-order valence-corrected chi connectivity index (χ0v) is 11.6. The van der Waals surface area contributed by atoms with Gasteiger partial charge in [0.05, 0.1) is 0 Å². The van der Waals surface area contributed by atoms with E-state index in [9.17, 15) is 0 Å². The molecule has 4 nitrogen and oxygen atoms in total. The number of rotatable bonds is 2. The predicted molar refractivity (Wildman–Crippen MR) is 75.4 cm³/mol. The molecule has 0 bridgehead atoms. The van der Waals surface area contributed by atoms with E-state index in [2.05, 4.69) is 22.0 Å². The van der Waals surface area contributed by atoms with Crippen LogP contribution < -0.4 is 4.90 Å². The van der Waals surface area contributed by atoms with Gasteiger partial charge >= 0.3 is 6.01 Å². The third-order valence-electron chi connectivity index (χ3n) is 3.43. The van der Waals surface area contributed by atoms with E-state index in [4.69, 9.17) is 16.1 Å². The van der Waals surface area contributed by atoms with Crippen LogP contribution in [0.25, 0.3) is 11.4 Å². The summed E-state index contributed by atoms with van der Waals surface area (Å²) in [6.07, 6.45) is 2.45. The average Bonchev–Trinajstić information content (AvgIpc) is 2.88. The molecule has 0 amide bonds. The number of aromatic nitrogens is 2. The van der Waals surface area contributed by atoms with Gasteiger partial charge in [0, 0.05) is 23.7 Å². The van der Waals surface area contributed by atoms with Crippen LogP contribution in [-0.4, -0.2) is 23.2 Å². The lowest BCUT2D eigenvalue weighted by Crippen LogP contribution is -2.34. The summed E-state index contributed by atoms with van der Waals surface area (Å²) >= 11 is 5.97. The molecule has 0 radical (unpaired) electrons. The third-order valence-corrected chi connectivity index (χ3v) is 3.66. The van der Waals surface area contributed by atoms with E-state index in [-0.39, 0.29) is 0 Å². The zero-order chi connectivity index (χ0) is 13.2. The van der Waals surface area contributed by atoms with Gasteiger partial charge in [-0.2, -0.15) is 4.98 Å². The zero-order valence-electron chi connectivity index (χ0n) is 10.8. The molecule has 1 unspecified atom stereocenters. The molecular weight excluding hydrogens is 262 g/mol. The van der Waals surface area contributed by atoms with Crippen molar-refractivity contribution in [2.75, 3.05) is 18.0 Å². The van der Waals surface area contributed by atoms with E-state index >= 15 is 0 Å². The molecule has 100 valence electrons. The summed E-state index contributed by atoms with van der Waals surface area (Å²) in [7, 11) is 0. The van der Waals surface area contributed by atoms with E-state index in [1.54, 1.807) is 0 Å². The van der Waals surface area contributed by atoms with Crippen molar-refractivity contribution in [2.24, 2.45) is 5.92 Å². The molecule has 1 aromatic heterocycles. The highest BCUT2D eigenvalue weighted by Gasteiger charge is 2.21. The average molecular weight is 278 g/mol. The molecule has 0 spiro atoms. The Morgan fingerprint density at radius 3 is 3.11 bits per heavy atom. The Hall–Kier alpha value is -1.55. The number of piperidine rings is 1. The second-order valence-electron chi connectivity index (χ2n) is 5.10. The van der Waals surface area contributed by atoms with Gasteiger partial charge in [-0.05, 0) is 30.9 Å². The summed E-state index contributed by atoms with van der Waals surface area (Å²) in [6.45, 7) is 4.22. The lowest BCUT2D eigenvalue weighted by Gasteiger charge is -2.28. The van der Waals surface area contributed by atoms with Gasteiger partial charge in [-0.3, -0.25) is 0 Å². The van der Waals surface area contributed by atoms with Gasteiger partial charge in [0.1, 0.15) is 0 Å². The van der Waals surface area contributed by atoms with E-state index in [0.717, 1.165) is 18.7 Å². The van der Waals surface area contributed by atoms with Crippen LogP contribution >= 0.6 is 11.6 Å². The first-order chi connectivity index (χ1) is 9.22. The highest BCUT2D eigenvalue weighted by atomic mass is 35.5. The molecule has 2 heterocycles. The van der Waals surface area contributed by atoms with Crippen molar-refractivity contribution in [3.8, 4) is 11.4 Å². The van der Waals surface area contributed by atoms with Gasteiger partial charge < -0.3 is 9.42 Å². The lowest BCUT2D eigenvalue weighted by molar-refractivity contribution is 0.376. The summed E-state index contributed by atoms with van der Waals surface area (Å²) in [5.74, 6) is 1.27. The number of anilines is 1. The number of halogens is 1. The first-order valence-electron chi connectivity index (χ1n) is 6.57. The molecule has 0 aliphatic carbocycles. The molecule has 3 rings (SSSR count). The Balaban J connectivity index is 1.83. The molecule has 2 aromatic rings. The first kappa shape index (κ1) is 12.5. The van der Waals surface area contributed by atoms with Gasteiger partial charge in [0.2, 0.25) is 5.82 Å². The van der Waals surface area contributed by atoms with Gasteiger partial charge in [0.25, 0.3) is 0 Å². The third kappa shape index (κ3) is 2.73. The van der Waals surface area contributed by atoms with Crippen molar-refractivity contribution in [3.63, 3.8) is 0 Å². The highest BCUT2D eigenvalue weighted by Crippen LogP contribution is 2.25. The van der Waals surface area contributed by atoms with Crippen molar-refractivity contribution in [2.45, 2.75) is 19.8 Å². The molecule has 1 fully saturated rings. The van der Waals surface area contributed by atoms with Crippen molar-refractivity contribution in [1.82, 2.24) is 10.1 Å². The first-order valence-corrected chi connectivity index (χ1v) is 6.95. The highest BCUT2D eigenvalue weighted by molar-refractivity contribution is 6.30. The quantitative estimate of drug-likeness (QED) is 0.841. The largest absolute Gasteiger partial charge is 0.324 e. The topological polar surface area (TPSA) is 42.2 Å². The molecule has 1 aliphatic heterocycles. The fraction of sp³-hybridized carbons (Fsp3) is 0.429. The maximum absolute atomic E-state index is 5.97. The number of nitrogens with zero attached hydrogens (tertiary/aromatic N) is 3. The van der Waals surface area contributed by atoms with Crippen LogP contribution in [0.2, 0.25) is 5.02 Å². The molecule has 1 aromatic carbocycles. The van der Waals surface area contributed by atoms with Crippen LogP contribution in [0.5, 0.6) is 0 Å². The molecule has 0 N–H and O–H groups in total. The molecule has 0 saturated carbocycles. The normalized spacial score (nSPS) is 19.7. The van der Waals surface area contributed by atoms with Gasteiger partial charge in [-0.1, -0.05) is 35.8 Å². The molecule has 19 heavy (non-hydrogen) atoms. The maximum atomic E-state index is 5.97. The minimum absolute atomic E-state index is 0.593. The van der Waals surface area contributed by atoms with Crippen LogP contribution in [0.15, 0.2) is 28.8 Å². The summed E-state index contributed by atoms with van der Waals surface area (Å²) < 4.78 is 5.37. The van der Waals surface area contributed by atoms with Crippen molar-refractivity contribution >= 4 is 17.6 Å². The van der Waals surface area contributed by atoms with Crippen molar-refractivity contribution in [3.05, 3.63) is 29.3 Å². The SMILES string of the molecule is CC1CCCN(c2nc(-c3cccc(Cl)c3)no2)C1. The Morgan fingerprint density at radius 1 is 1.42 bits per heavy atom. The van der Waals surface area contributed by atoms with Crippen molar-refractivity contribution < 1.29 is 4.52 Å². The van der Waals surface area contributed by atoms with Crippen LogP contribution in [-0.2, 0) is 0 Å².